The normalized spacial score (nSPS) is 13.6. The number of ether oxygens (including phenoxy) is 1. The van der Waals surface area contributed by atoms with Crippen LogP contribution in [0, 0.1) is 20.8 Å². The maximum Gasteiger partial charge on any atom is 0.244 e. The number of nitrogens with one attached hydrogen (secondary N) is 1. The number of rotatable bonds is 5. The first-order valence-electron chi connectivity index (χ1n) is 9.36. The molecule has 1 N–H and O–H groups in total. The molecule has 2 aromatic rings. The number of benzene rings is 1. The predicted molar refractivity (Wildman–Crippen MR) is 113 cm³/mol. The molecule has 0 radical (unpaired) electrons. The molecule has 0 fully saturated rings. The first-order valence-corrected chi connectivity index (χ1v) is 10.2. The van der Waals surface area contributed by atoms with Crippen LogP contribution in [0.5, 0.6) is 5.75 Å². The zero-order valence-corrected chi connectivity index (χ0v) is 18.1. The Balaban J connectivity index is 2.15. The molecule has 0 aliphatic carbocycles. The topological polar surface area (TPSA) is 54.5 Å². The second-order valence-electron chi connectivity index (χ2n) is 7.04. The summed E-state index contributed by atoms with van der Waals surface area (Å²) in [5.74, 6) is 1.37. The van der Waals surface area contributed by atoms with Gasteiger partial charge in [-0.2, -0.15) is 0 Å². The molecule has 0 bridgehead atoms. The van der Waals surface area contributed by atoms with Gasteiger partial charge in [0.25, 0.3) is 0 Å². The van der Waals surface area contributed by atoms with Crippen LogP contribution in [0.25, 0.3) is 0 Å². The Morgan fingerprint density at radius 2 is 1.81 bits per heavy atom. The zero-order valence-electron chi connectivity index (χ0n) is 16.5. The molecule has 5 nitrogen and oxygen atoms in total. The second-order valence-corrected chi connectivity index (χ2v) is 7.95. The summed E-state index contributed by atoms with van der Waals surface area (Å²) in [6.07, 6.45) is 1.93. The highest BCUT2D eigenvalue weighted by Gasteiger charge is 2.30. The summed E-state index contributed by atoms with van der Waals surface area (Å²) in [4.78, 5) is 19.3. The third-order valence-corrected chi connectivity index (χ3v) is 5.30. The molecule has 144 valence electrons. The molecule has 2 heterocycles. The van der Waals surface area contributed by atoms with E-state index in [2.05, 4.69) is 61.1 Å². The lowest BCUT2D eigenvalue weighted by Crippen LogP contribution is -2.37. The van der Waals surface area contributed by atoms with Crippen molar-refractivity contribution < 1.29 is 9.53 Å². The van der Waals surface area contributed by atoms with Gasteiger partial charge in [0.1, 0.15) is 18.0 Å². The van der Waals surface area contributed by atoms with Gasteiger partial charge in [0, 0.05) is 21.9 Å². The van der Waals surface area contributed by atoms with Crippen LogP contribution in [-0.4, -0.2) is 23.5 Å². The number of hydrogen-bond acceptors (Lipinski definition) is 4. The number of amides is 1. The van der Waals surface area contributed by atoms with Crippen molar-refractivity contribution in [1.29, 1.82) is 0 Å². The molecule has 1 aliphatic heterocycles. The van der Waals surface area contributed by atoms with Gasteiger partial charge < -0.3 is 15.0 Å². The first kappa shape index (κ1) is 19.7. The fourth-order valence-corrected chi connectivity index (χ4v) is 4.27. The monoisotopic (exact) mass is 431 g/mol. The molecule has 0 unspecified atom stereocenters. The Morgan fingerprint density at radius 1 is 1.19 bits per heavy atom. The summed E-state index contributed by atoms with van der Waals surface area (Å²) in [7, 11) is 0. The molecule has 1 aromatic heterocycles. The van der Waals surface area contributed by atoms with Gasteiger partial charge in [-0.05, 0) is 56.9 Å². The van der Waals surface area contributed by atoms with Crippen LogP contribution in [0.4, 0.5) is 17.2 Å². The van der Waals surface area contributed by atoms with Crippen molar-refractivity contribution in [2.45, 2.75) is 53.6 Å². The van der Waals surface area contributed by atoms with E-state index in [4.69, 9.17) is 9.72 Å². The molecule has 0 saturated carbocycles. The Morgan fingerprint density at radius 3 is 2.41 bits per heavy atom. The molecule has 0 spiro atoms. The smallest absolute Gasteiger partial charge is 0.244 e. The third kappa shape index (κ3) is 3.95. The highest BCUT2D eigenvalue weighted by Crippen LogP contribution is 2.43. The largest absolute Gasteiger partial charge is 0.488 e. The van der Waals surface area contributed by atoms with Gasteiger partial charge in [0.2, 0.25) is 5.91 Å². The molecule has 6 heteroatoms. The van der Waals surface area contributed by atoms with Gasteiger partial charge in [0.15, 0.2) is 5.82 Å². The minimum absolute atomic E-state index is 0.0655. The van der Waals surface area contributed by atoms with Crippen LogP contribution in [-0.2, 0) is 4.79 Å². The maximum atomic E-state index is 12.5. The van der Waals surface area contributed by atoms with Gasteiger partial charge in [-0.15, -0.1) is 0 Å². The fourth-order valence-electron chi connectivity index (χ4n) is 3.58. The zero-order chi connectivity index (χ0) is 19.7. The second kappa shape index (κ2) is 7.89. The number of fused-ring (bicyclic) bond motifs is 1. The summed E-state index contributed by atoms with van der Waals surface area (Å²) < 4.78 is 7.24. The Hall–Kier alpha value is -2.08. The number of aryl methyl sites for hydroxylation is 3. The molecule has 0 saturated heterocycles. The van der Waals surface area contributed by atoms with E-state index in [0.29, 0.717) is 11.4 Å². The van der Waals surface area contributed by atoms with Crippen LogP contribution in [0.15, 0.2) is 22.7 Å². The van der Waals surface area contributed by atoms with Gasteiger partial charge in [-0.3, -0.25) is 4.79 Å². The number of nitrogens with zero attached hydrogens (tertiary/aromatic N) is 2. The van der Waals surface area contributed by atoms with E-state index in [1.54, 1.807) is 0 Å². The molecule has 1 amide bonds. The van der Waals surface area contributed by atoms with Crippen molar-refractivity contribution in [2.75, 3.05) is 16.8 Å². The number of hydrogen-bond donors (Lipinski definition) is 1. The van der Waals surface area contributed by atoms with Crippen LogP contribution in [0.1, 0.15) is 43.5 Å². The maximum absolute atomic E-state index is 12.5. The summed E-state index contributed by atoms with van der Waals surface area (Å²) >= 11 is 3.55. The van der Waals surface area contributed by atoms with Crippen molar-refractivity contribution in [3.05, 3.63) is 39.5 Å². The fraction of sp³-hybridized carbons (Fsp3) is 0.429. The lowest BCUT2D eigenvalue weighted by Gasteiger charge is -2.33. The average Bonchev–Trinajstić information content (AvgIpc) is 2.59. The number of halogens is 1. The van der Waals surface area contributed by atoms with Crippen molar-refractivity contribution in [2.24, 2.45) is 0 Å². The Bertz CT molecular complexity index is 855. The molecule has 27 heavy (non-hydrogen) atoms. The van der Waals surface area contributed by atoms with Crippen LogP contribution < -0.4 is 15.0 Å². The van der Waals surface area contributed by atoms with Crippen LogP contribution >= 0.6 is 15.9 Å². The number of pyridine rings is 1. The van der Waals surface area contributed by atoms with E-state index in [1.807, 2.05) is 17.9 Å². The van der Waals surface area contributed by atoms with Crippen molar-refractivity contribution in [3.63, 3.8) is 0 Å². The summed E-state index contributed by atoms with van der Waals surface area (Å²) in [5, 5.41) is 2.98. The van der Waals surface area contributed by atoms with E-state index in [0.717, 1.165) is 45.6 Å². The van der Waals surface area contributed by atoms with E-state index in [-0.39, 0.29) is 18.6 Å². The minimum atomic E-state index is -0.0655. The SMILES string of the molecule is CCC(CC)Oc1cc(C)nc2c1NC(=O)CN2c1c(C)cc(Br)cc1C. The van der Waals surface area contributed by atoms with Gasteiger partial charge in [0.05, 0.1) is 6.10 Å². The Kier molecular flexibility index (Phi) is 5.75. The third-order valence-electron chi connectivity index (χ3n) is 4.84. The number of carbonyl (C=O) groups excluding carboxylic acids is 1. The first-order chi connectivity index (χ1) is 12.8. The molecule has 1 aromatic carbocycles. The van der Waals surface area contributed by atoms with Crippen LogP contribution in [0.2, 0.25) is 0 Å². The molecular formula is C21H26BrN3O2. The standard InChI is InChI=1S/C21H26BrN3O2/c1-6-16(7-2)27-17-10-14(5)23-21-19(17)24-18(26)11-25(21)20-12(3)8-15(22)9-13(20)4/h8-10,16H,6-7,11H2,1-5H3,(H,24,26). The number of carbonyl (C=O) groups is 1. The molecular weight excluding hydrogens is 406 g/mol. The van der Waals surface area contributed by atoms with E-state index >= 15 is 0 Å². The predicted octanol–water partition coefficient (Wildman–Crippen LogP) is 5.43. The van der Waals surface area contributed by atoms with Gasteiger partial charge in [-0.1, -0.05) is 29.8 Å². The number of aromatic nitrogens is 1. The Labute approximate surface area is 169 Å². The van der Waals surface area contributed by atoms with E-state index < -0.39 is 0 Å². The molecule has 1 aliphatic rings. The highest BCUT2D eigenvalue weighted by atomic mass is 79.9. The van der Waals surface area contributed by atoms with Gasteiger partial charge >= 0.3 is 0 Å². The summed E-state index contributed by atoms with van der Waals surface area (Å²) in [6, 6.07) is 6.03. The van der Waals surface area contributed by atoms with Gasteiger partial charge in [-0.25, -0.2) is 4.98 Å². The molecule has 3 rings (SSSR count). The van der Waals surface area contributed by atoms with E-state index in [1.165, 1.54) is 0 Å². The van der Waals surface area contributed by atoms with Crippen molar-refractivity contribution in [1.82, 2.24) is 4.98 Å². The van der Waals surface area contributed by atoms with Crippen molar-refractivity contribution >= 4 is 39.0 Å². The van der Waals surface area contributed by atoms with E-state index in [9.17, 15) is 4.79 Å². The lowest BCUT2D eigenvalue weighted by molar-refractivity contribution is -0.115. The summed E-state index contributed by atoms with van der Waals surface area (Å²) in [5.41, 5.74) is 4.72. The summed E-state index contributed by atoms with van der Waals surface area (Å²) in [6.45, 7) is 10.5. The average molecular weight is 432 g/mol. The van der Waals surface area contributed by atoms with Crippen LogP contribution in [0.3, 0.4) is 0 Å². The lowest BCUT2D eigenvalue weighted by atomic mass is 10.1. The molecule has 0 atom stereocenters. The van der Waals surface area contributed by atoms with Crippen molar-refractivity contribution in [3.8, 4) is 5.75 Å². The quantitative estimate of drug-likeness (QED) is 0.685. The minimum Gasteiger partial charge on any atom is -0.488 e. The highest BCUT2D eigenvalue weighted by molar-refractivity contribution is 9.10. The number of anilines is 3.